The fourth-order valence-corrected chi connectivity index (χ4v) is 3.82. The summed E-state index contributed by atoms with van der Waals surface area (Å²) in [5.41, 5.74) is 33.2. The Morgan fingerprint density at radius 1 is 0.745 bits per heavy atom. The third-order valence-electron chi connectivity index (χ3n) is 7.02. The van der Waals surface area contributed by atoms with Gasteiger partial charge in [-0.2, -0.15) is 11.8 Å². The Balaban J connectivity index is -0.000000580. The van der Waals surface area contributed by atoms with Crippen LogP contribution in [0.3, 0.4) is 0 Å². The van der Waals surface area contributed by atoms with E-state index in [9.17, 15) is 24.0 Å². The van der Waals surface area contributed by atoms with Crippen molar-refractivity contribution in [2.75, 3.05) is 18.6 Å². The minimum Gasteiger partial charge on any atom is -0.480 e. The summed E-state index contributed by atoms with van der Waals surface area (Å²) in [5.74, 6) is -4.03. The number of aliphatic hydroxyl groups is 1. The predicted octanol–water partition coefficient (Wildman–Crippen LogP) is 0.0245. The van der Waals surface area contributed by atoms with Crippen LogP contribution in [0.5, 0.6) is 0 Å². The molecule has 0 saturated carbocycles. The molecule has 1 heterocycles. The van der Waals surface area contributed by atoms with E-state index in [1.54, 1.807) is 11.8 Å². The number of rotatable bonds is 17. The molecule has 51 heavy (non-hydrogen) atoms. The summed E-state index contributed by atoms with van der Waals surface area (Å²) in [7, 11) is 0. The third kappa shape index (κ3) is 25.7. The number of aliphatic hydroxyl groups excluding tert-OH is 1. The number of nitrogens with one attached hydrogen (secondary N) is 1. The number of thioether (sulfide) groups is 1. The molecule has 2 aromatic rings. The fourth-order valence-electron chi connectivity index (χ4n) is 3.33. The van der Waals surface area contributed by atoms with E-state index in [2.05, 4.69) is 4.98 Å². The Morgan fingerprint density at radius 3 is 1.61 bits per heavy atom. The number of aromatic nitrogens is 1. The van der Waals surface area contributed by atoms with E-state index in [1.807, 2.05) is 50.6 Å². The number of benzene rings is 1. The number of nitrogens with two attached hydrogens (primary N) is 6. The minimum absolute atomic E-state index is 0.0718. The van der Waals surface area contributed by atoms with E-state index in [1.165, 1.54) is 6.92 Å². The van der Waals surface area contributed by atoms with Gasteiger partial charge in [-0.15, -0.1) is 0 Å². The van der Waals surface area contributed by atoms with Crippen LogP contribution in [-0.4, -0.2) is 120 Å². The van der Waals surface area contributed by atoms with Crippen LogP contribution in [0.4, 0.5) is 0 Å². The zero-order valence-electron chi connectivity index (χ0n) is 29.7. The maximum absolute atomic E-state index is 10.6. The Kier molecular flexibility index (Phi) is 30.2. The van der Waals surface area contributed by atoms with Gasteiger partial charge in [-0.3, -0.25) is 24.0 Å². The highest BCUT2D eigenvalue weighted by atomic mass is 32.2. The minimum atomic E-state index is -1.18. The molecule has 0 fully saturated rings. The largest absolute Gasteiger partial charge is 0.480 e. The molecule has 19 heteroatoms. The van der Waals surface area contributed by atoms with Gasteiger partial charge >= 0.3 is 29.8 Å². The number of hydrogen-bond donors (Lipinski definition) is 13. The molecule has 0 radical (unpaired) electrons. The van der Waals surface area contributed by atoms with Crippen molar-refractivity contribution in [1.29, 1.82) is 0 Å². The summed E-state index contributed by atoms with van der Waals surface area (Å²) in [6, 6.07) is 3.66. The lowest BCUT2D eigenvalue weighted by Crippen LogP contribution is -2.39. The lowest BCUT2D eigenvalue weighted by Gasteiger charge is -2.11. The fraction of sp³-hybridized carbons (Fsp3) is 0.594. The Labute approximate surface area is 302 Å². The molecule has 1 aromatic heterocycles. The standard InChI is InChI=1S/C11H12N2O2.C6H14N2O2.C6H13NO2.C5H11NO2S.C4H9NO3/c12-9(11(14)15)5-7-6-13-10-4-2-1-3-8(7)10;7-4-2-1-3-5(8)6(9)10;1-3-4(2)5(7)6(8)9;1-9-3-2-4(6)5(7)8;1-2(6)3(5)4(7)8/h1-4,6,9,13H,5,12H2,(H,14,15);5H,1-4,7-8H2,(H,9,10);4-5H,3,7H2,1-2H3,(H,8,9);4H,2-3,6H2,1H3,(H,7,8);2-3,6H,5H2,1H3,(H,7,8). The summed E-state index contributed by atoms with van der Waals surface area (Å²) in [6.07, 6.45) is 6.63. The van der Waals surface area contributed by atoms with Crippen LogP contribution >= 0.6 is 11.8 Å². The number of fused-ring (bicyclic) bond motifs is 1. The lowest BCUT2D eigenvalue weighted by atomic mass is 10.0. The Morgan fingerprint density at radius 2 is 1.24 bits per heavy atom. The summed E-state index contributed by atoms with van der Waals surface area (Å²) in [5, 5.41) is 51.3. The predicted molar refractivity (Wildman–Crippen MR) is 197 cm³/mol. The first-order chi connectivity index (χ1) is 23.7. The first-order valence-corrected chi connectivity index (χ1v) is 17.4. The molecule has 0 aliphatic rings. The van der Waals surface area contributed by atoms with Crippen LogP contribution in [-0.2, 0) is 30.4 Å². The van der Waals surface area contributed by atoms with Gasteiger partial charge in [0.05, 0.1) is 6.10 Å². The SMILES string of the molecule is CC(O)C(N)C(=O)O.CCC(C)C(N)C(=O)O.CSCCC(N)C(=O)O.NC(Cc1c[nH]c2ccccc12)C(=O)O.NCCCCC(N)C(=O)O. The highest BCUT2D eigenvalue weighted by Crippen LogP contribution is 2.18. The van der Waals surface area contributed by atoms with Crippen LogP contribution in [0.1, 0.15) is 58.4 Å². The van der Waals surface area contributed by atoms with Gasteiger partial charge < -0.3 is 70.0 Å². The number of carbonyl (C=O) groups is 5. The molecule has 0 bridgehead atoms. The number of hydrogen-bond acceptors (Lipinski definition) is 13. The molecule has 1 aromatic carbocycles. The van der Waals surface area contributed by atoms with Crippen LogP contribution in [0.15, 0.2) is 30.5 Å². The first kappa shape index (κ1) is 51.5. The molecular weight excluding hydrogens is 690 g/mol. The van der Waals surface area contributed by atoms with Crippen LogP contribution in [0, 0.1) is 5.92 Å². The van der Waals surface area contributed by atoms with Crippen molar-refractivity contribution in [2.45, 2.75) is 95.6 Å². The Hall–Kier alpha value is -3.82. The summed E-state index contributed by atoms with van der Waals surface area (Å²) < 4.78 is 0. The molecule has 7 atom stereocenters. The van der Waals surface area contributed by atoms with E-state index in [4.69, 9.17) is 65.0 Å². The molecule has 0 amide bonds. The number of aromatic amines is 1. The summed E-state index contributed by atoms with van der Waals surface area (Å²) in [6.45, 7) is 5.69. The Bertz CT molecular complexity index is 1280. The van der Waals surface area contributed by atoms with Gasteiger partial charge in [0.15, 0.2) is 0 Å². The lowest BCUT2D eigenvalue weighted by molar-refractivity contribution is -0.141. The summed E-state index contributed by atoms with van der Waals surface area (Å²) in [4.78, 5) is 53.9. The van der Waals surface area contributed by atoms with Gasteiger partial charge in [0.2, 0.25) is 0 Å². The molecule has 0 aliphatic heterocycles. The molecule has 0 spiro atoms. The second kappa shape index (κ2) is 29.9. The van der Waals surface area contributed by atoms with Crippen molar-refractivity contribution in [2.24, 2.45) is 40.3 Å². The van der Waals surface area contributed by atoms with Gasteiger partial charge in [-0.25, -0.2) is 0 Å². The number of carboxylic acid groups (broad SMARTS) is 5. The topological polar surface area (TPSA) is 379 Å². The van der Waals surface area contributed by atoms with Crippen LogP contribution in [0.25, 0.3) is 10.9 Å². The van der Waals surface area contributed by atoms with Crippen molar-refractivity contribution in [3.63, 3.8) is 0 Å². The number of aliphatic carboxylic acids is 5. The molecule has 2 rings (SSSR count). The van der Waals surface area contributed by atoms with E-state index < -0.39 is 66.2 Å². The van der Waals surface area contributed by atoms with Gasteiger partial charge in [0.25, 0.3) is 0 Å². The van der Waals surface area contributed by atoms with Gasteiger partial charge in [0.1, 0.15) is 30.2 Å². The van der Waals surface area contributed by atoms with Crippen molar-refractivity contribution in [3.8, 4) is 0 Å². The number of H-pyrrole nitrogens is 1. The zero-order chi connectivity index (χ0) is 40.3. The van der Waals surface area contributed by atoms with E-state index in [0.29, 0.717) is 25.8 Å². The second-order valence-corrected chi connectivity index (χ2v) is 12.3. The zero-order valence-corrected chi connectivity index (χ0v) is 30.5. The molecule has 294 valence electrons. The van der Waals surface area contributed by atoms with Gasteiger partial charge in [-0.05, 0) is 62.3 Å². The monoisotopic (exact) mass is 749 g/mol. The van der Waals surface area contributed by atoms with Crippen LogP contribution in [0.2, 0.25) is 0 Å². The highest BCUT2D eigenvalue weighted by molar-refractivity contribution is 7.98. The van der Waals surface area contributed by atoms with Crippen molar-refractivity contribution in [1.82, 2.24) is 4.98 Å². The van der Waals surface area contributed by atoms with Gasteiger partial charge in [0, 0.05) is 23.5 Å². The molecule has 18 nitrogen and oxygen atoms in total. The third-order valence-corrected chi connectivity index (χ3v) is 7.66. The van der Waals surface area contributed by atoms with Crippen LogP contribution < -0.4 is 34.4 Å². The summed E-state index contributed by atoms with van der Waals surface area (Å²) >= 11 is 1.60. The molecular formula is C32H59N7O11S. The average Bonchev–Trinajstić information content (AvgIpc) is 3.49. The number of carboxylic acids is 5. The quantitative estimate of drug-likeness (QED) is 0.0948. The normalized spacial score (nSPS) is 14.3. The number of unbranched alkanes of at least 4 members (excludes halogenated alkanes) is 1. The van der Waals surface area contributed by atoms with Gasteiger partial charge in [-0.1, -0.05) is 44.9 Å². The molecule has 0 saturated heterocycles. The van der Waals surface area contributed by atoms with Crippen molar-refractivity contribution < 1.29 is 54.6 Å². The number of para-hydroxylation sites is 1. The second-order valence-electron chi connectivity index (χ2n) is 11.3. The van der Waals surface area contributed by atoms with E-state index in [-0.39, 0.29) is 5.92 Å². The molecule has 0 aliphatic carbocycles. The highest BCUT2D eigenvalue weighted by Gasteiger charge is 2.18. The smallest absolute Gasteiger partial charge is 0.323 e. The average molecular weight is 750 g/mol. The first-order valence-electron chi connectivity index (χ1n) is 16.0. The molecule has 19 N–H and O–H groups in total. The maximum Gasteiger partial charge on any atom is 0.323 e. The van der Waals surface area contributed by atoms with Crippen molar-refractivity contribution >= 4 is 52.5 Å². The molecule has 7 unspecified atom stereocenters. The maximum atomic E-state index is 10.6. The van der Waals surface area contributed by atoms with Crippen molar-refractivity contribution in [3.05, 3.63) is 36.0 Å². The van der Waals surface area contributed by atoms with E-state index in [0.717, 1.165) is 41.5 Å². The van der Waals surface area contributed by atoms with E-state index >= 15 is 0 Å².